The van der Waals surface area contributed by atoms with Crippen molar-refractivity contribution in [2.75, 3.05) is 21.3 Å². The first-order valence-electron chi connectivity index (χ1n) is 9.59. The predicted octanol–water partition coefficient (Wildman–Crippen LogP) is 5.40. The number of H-pyrrole nitrogens is 2. The Balaban J connectivity index is 1.81. The molecule has 0 radical (unpaired) electrons. The SMILES string of the molecule is COc1cc(-c2[nH]c3ccccc3c2-c2nc3ccccc3[nH]2)cc(OC)c1OC. The highest BCUT2D eigenvalue weighted by Crippen LogP contribution is 2.44. The number of rotatable bonds is 5. The van der Waals surface area contributed by atoms with Crippen molar-refractivity contribution in [3.8, 4) is 39.9 Å². The van der Waals surface area contributed by atoms with Gasteiger partial charge in [0, 0.05) is 16.5 Å². The molecule has 2 heterocycles. The van der Waals surface area contributed by atoms with Crippen molar-refractivity contribution < 1.29 is 14.2 Å². The molecule has 0 unspecified atom stereocenters. The van der Waals surface area contributed by atoms with Gasteiger partial charge in [0.25, 0.3) is 0 Å². The van der Waals surface area contributed by atoms with Gasteiger partial charge in [-0.05, 0) is 30.3 Å². The molecule has 0 atom stereocenters. The molecule has 150 valence electrons. The first-order chi connectivity index (χ1) is 14.7. The van der Waals surface area contributed by atoms with Gasteiger partial charge in [-0.3, -0.25) is 0 Å². The molecule has 30 heavy (non-hydrogen) atoms. The zero-order chi connectivity index (χ0) is 20.7. The first kappa shape index (κ1) is 18.1. The summed E-state index contributed by atoms with van der Waals surface area (Å²) in [6.07, 6.45) is 0. The van der Waals surface area contributed by atoms with Gasteiger partial charge < -0.3 is 24.2 Å². The third kappa shape index (κ3) is 2.76. The number of hydrogen-bond acceptors (Lipinski definition) is 4. The van der Waals surface area contributed by atoms with Crippen LogP contribution in [-0.4, -0.2) is 36.3 Å². The lowest BCUT2D eigenvalue weighted by atomic mass is 10.0. The lowest BCUT2D eigenvalue weighted by Gasteiger charge is -2.14. The van der Waals surface area contributed by atoms with Gasteiger partial charge in [-0.1, -0.05) is 30.3 Å². The van der Waals surface area contributed by atoms with Crippen LogP contribution in [0.4, 0.5) is 0 Å². The number of aromatic amines is 2. The van der Waals surface area contributed by atoms with E-state index in [4.69, 9.17) is 19.2 Å². The van der Waals surface area contributed by atoms with Crippen molar-refractivity contribution >= 4 is 21.9 Å². The highest BCUT2D eigenvalue weighted by atomic mass is 16.5. The van der Waals surface area contributed by atoms with E-state index in [0.717, 1.165) is 44.6 Å². The van der Waals surface area contributed by atoms with Crippen molar-refractivity contribution in [3.05, 3.63) is 60.7 Å². The maximum Gasteiger partial charge on any atom is 0.203 e. The van der Waals surface area contributed by atoms with Crippen LogP contribution in [0.25, 0.3) is 44.6 Å². The highest BCUT2D eigenvalue weighted by molar-refractivity contribution is 6.03. The number of nitrogens with zero attached hydrogens (tertiary/aromatic N) is 1. The van der Waals surface area contributed by atoms with E-state index in [-0.39, 0.29) is 0 Å². The molecule has 0 spiro atoms. The Morgan fingerprint density at radius 3 is 2.07 bits per heavy atom. The lowest BCUT2D eigenvalue weighted by Crippen LogP contribution is -1.96. The standard InChI is InChI=1S/C24H21N3O3/c1-28-19-12-14(13-20(29-2)23(19)30-3)22-21(15-8-4-5-9-16(15)25-22)24-26-17-10-6-7-11-18(17)27-24/h4-13,25H,1-3H3,(H,26,27). The Bertz CT molecular complexity index is 1310. The molecule has 0 amide bonds. The quantitative estimate of drug-likeness (QED) is 0.415. The van der Waals surface area contributed by atoms with Crippen LogP contribution < -0.4 is 14.2 Å². The summed E-state index contributed by atoms with van der Waals surface area (Å²) in [6, 6.07) is 20.1. The lowest BCUT2D eigenvalue weighted by molar-refractivity contribution is 0.324. The number of aromatic nitrogens is 3. The molecule has 2 aromatic heterocycles. The summed E-state index contributed by atoms with van der Waals surface area (Å²) in [5, 5.41) is 1.08. The van der Waals surface area contributed by atoms with Gasteiger partial charge in [0.2, 0.25) is 5.75 Å². The molecule has 0 aliphatic carbocycles. The van der Waals surface area contributed by atoms with E-state index in [1.54, 1.807) is 21.3 Å². The molecule has 0 aliphatic heterocycles. The molecule has 0 saturated carbocycles. The summed E-state index contributed by atoms with van der Waals surface area (Å²) >= 11 is 0. The number of methoxy groups -OCH3 is 3. The van der Waals surface area contributed by atoms with Gasteiger partial charge in [0.1, 0.15) is 5.82 Å². The summed E-state index contributed by atoms with van der Waals surface area (Å²) in [4.78, 5) is 11.9. The Morgan fingerprint density at radius 1 is 0.733 bits per heavy atom. The van der Waals surface area contributed by atoms with Gasteiger partial charge in [-0.25, -0.2) is 4.98 Å². The maximum atomic E-state index is 5.57. The summed E-state index contributed by atoms with van der Waals surface area (Å²) in [7, 11) is 4.84. The largest absolute Gasteiger partial charge is 0.493 e. The fourth-order valence-electron chi connectivity index (χ4n) is 3.90. The van der Waals surface area contributed by atoms with Gasteiger partial charge >= 0.3 is 0 Å². The number of fused-ring (bicyclic) bond motifs is 2. The van der Waals surface area contributed by atoms with Crippen molar-refractivity contribution in [2.45, 2.75) is 0 Å². The molecule has 5 rings (SSSR count). The Kier molecular flexibility index (Phi) is 4.32. The number of imidazole rings is 1. The minimum Gasteiger partial charge on any atom is -0.493 e. The third-order valence-corrected chi connectivity index (χ3v) is 5.29. The first-order valence-corrected chi connectivity index (χ1v) is 9.59. The van der Waals surface area contributed by atoms with Crippen LogP contribution in [0.5, 0.6) is 17.2 Å². The van der Waals surface area contributed by atoms with Crippen LogP contribution >= 0.6 is 0 Å². The van der Waals surface area contributed by atoms with Crippen LogP contribution in [0.2, 0.25) is 0 Å². The minimum absolute atomic E-state index is 0.560. The van der Waals surface area contributed by atoms with E-state index in [2.05, 4.69) is 22.1 Å². The zero-order valence-electron chi connectivity index (χ0n) is 16.9. The van der Waals surface area contributed by atoms with Gasteiger partial charge in [-0.2, -0.15) is 0 Å². The number of benzene rings is 3. The predicted molar refractivity (Wildman–Crippen MR) is 118 cm³/mol. The van der Waals surface area contributed by atoms with Gasteiger partial charge in [-0.15, -0.1) is 0 Å². The van der Waals surface area contributed by atoms with Crippen LogP contribution in [0.15, 0.2) is 60.7 Å². The van der Waals surface area contributed by atoms with Gasteiger partial charge in [0.15, 0.2) is 11.5 Å². The van der Waals surface area contributed by atoms with Crippen LogP contribution in [0, 0.1) is 0 Å². The topological polar surface area (TPSA) is 72.2 Å². The summed E-state index contributed by atoms with van der Waals surface area (Å²) in [5.74, 6) is 2.56. The van der Waals surface area contributed by atoms with Crippen molar-refractivity contribution in [1.82, 2.24) is 15.0 Å². The van der Waals surface area contributed by atoms with Gasteiger partial charge in [0.05, 0.1) is 43.6 Å². The minimum atomic E-state index is 0.560. The molecule has 2 N–H and O–H groups in total. The third-order valence-electron chi connectivity index (χ3n) is 5.29. The van der Waals surface area contributed by atoms with E-state index in [9.17, 15) is 0 Å². The highest BCUT2D eigenvalue weighted by Gasteiger charge is 2.21. The smallest absolute Gasteiger partial charge is 0.203 e. The summed E-state index contributed by atoms with van der Waals surface area (Å²) in [5.41, 5.74) is 5.78. The van der Waals surface area contributed by atoms with E-state index < -0.39 is 0 Å². The second-order valence-corrected chi connectivity index (χ2v) is 6.94. The van der Waals surface area contributed by atoms with Crippen LogP contribution in [-0.2, 0) is 0 Å². The zero-order valence-corrected chi connectivity index (χ0v) is 16.9. The van der Waals surface area contributed by atoms with Crippen LogP contribution in [0.1, 0.15) is 0 Å². The van der Waals surface area contributed by atoms with E-state index in [1.807, 2.05) is 48.5 Å². The molecule has 6 nitrogen and oxygen atoms in total. The molecular formula is C24H21N3O3. The molecule has 0 fully saturated rings. The Hall–Kier alpha value is -3.93. The average Bonchev–Trinajstić information content (AvgIpc) is 3.39. The van der Waals surface area contributed by atoms with E-state index >= 15 is 0 Å². The fraction of sp³-hybridized carbons (Fsp3) is 0.125. The average molecular weight is 399 g/mol. The van der Waals surface area contributed by atoms with Crippen molar-refractivity contribution in [2.24, 2.45) is 0 Å². The van der Waals surface area contributed by atoms with E-state index in [0.29, 0.717) is 17.2 Å². The molecule has 0 saturated heterocycles. The number of ether oxygens (including phenoxy) is 3. The summed E-state index contributed by atoms with van der Waals surface area (Å²) < 4.78 is 16.6. The van der Waals surface area contributed by atoms with Crippen molar-refractivity contribution in [1.29, 1.82) is 0 Å². The molecule has 5 aromatic rings. The molecule has 3 aromatic carbocycles. The monoisotopic (exact) mass is 399 g/mol. The molecule has 6 heteroatoms. The van der Waals surface area contributed by atoms with Crippen molar-refractivity contribution in [3.63, 3.8) is 0 Å². The summed E-state index contributed by atoms with van der Waals surface area (Å²) in [6.45, 7) is 0. The number of para-hydroxylation sites is 3. The normalized spacial score (nSPS) is 11.2. The number of hydrogen-bond donors (Lipinski definition) is 2. The van der Waals surface area contributed by atoms with E-state index in [1.165, 1.54) is 0 Å². The maximum absolute atomic E-state index is 5.57. The Morgan fingerprint density at radius 2 is 1.40 bits per heavy atom. The molecule has 0 bridgehead atoms. The second-order valence-electron chi connectivity index (χ2n) is 6.94. The Labute approximate surface area is 173 Å². The molecule has 0 aliphatic rings. The molecular weight excluding hydrogens is 378 g/mol. The van der Waals surface area contributed by atoms with Crippen LogP contribution in [0.3, 0.4) is 0 Å². The second kappa shape index (κ2) is 7.15. The number of nitrogens with one attached hydrogen (secondary N) is 2. The fourth-order valence-corrected chi connectivity index (χ4v) is 3.90.